The van der Waals surface area contributed by atoms with Gasteiger partial charge in [-0.3, -0.25) is 0 Å². The van der Waals surface area contributed by atoms with Crippen LogP contribution in [0, 0.1) is 0 Å². The summed E-state index contributed by atoms with van der Waals surface area (Å²) in [5.41, 5.74) is 2.60. The van der Waals surface area contributed by atoms with Crippen molar-refractivity contribution in [1.82, 2.24) is 25.1 Å². The minimum absolute atomic E-state index is 0.0753. The van der Waals surface area contributed by atoms with E-state index < -0.39 is 0 Å². The summed E-state index contributed by atoms with van der Waals surface area (Å²) < 4.78 is 13.4. The van der Waals surface area contributed by atoms with Gasteiger partial charge in [0.2, 0.25) is 11.7 Å². The molecule has 0 spiro atoms. The largest absolute Gasteiger partial charge is 0.365 e. The van der Waals surface area contributed by atoms with Gasteiger partial charge in [0.25, 0.3) is 0 Å². The van der Waals surface area contributed by atoms with E-state index in [1.54, 1.807) is 0 Å². The van der Waals surface area contributed by atoms with Gasteiger partial charge in [0.1, 0.15) is 6.10 Å². The Labute approximate surface area is 155 Å². The lowest BCUT2D eigenvalue weighted by Crippen LogP contribution is -2.22. The maximum absolute atomic E-state index is 6.03. The topological polar surface area (TPSA) is 78.9 Å². The predicted octanol–water partition coefficient (Wildman–Crippen LogP) is 3.91. The molecule has 8 heteroatoms. The molecule has 1 atom stereocenters. The number of halogens is 1. The molecule has 0 radical (unpaired) electrons. The normalized spacial score (nSPS) is 20.4. The molecule has 7 nitrogen and oxygen atoms in total. The molecule has 3 heterocycles. The SMILES string of the molecule is Clc1ccc([C@@H]2Cn3nnc(-c4noc(C5CCCC5)n4)c3CO2)cc1. The Balaban J connectivity index is 1.38. The average Bonchev–Trinajstić information content (AvgIpc) is 3.41. The van der Waals surface area contributed by atoms with Gasteiger partial charge < -0.3 is 9.26 Å². The fourth-order valence-electron chi connectivity index (χ4n) is 3.73. The smallest absolute Gasteiger partial charge is 0.230 e. The van der Waals surface area contributed by atoms with E-state index in [0.29, 0.717) is 35.6 Å². The second-order valence-electron chi connectivity index (χ2n) is 6.86. The highest BCUT2D eigenvalue weighted by atomic mass is 35.5. The van der Waals surface area contributed by atoms with E-state index >= 15 is 0 Å². The zero-order valence-corrected chi connectivity index (χ0v) is 14.9. The van der Waals surface area contributed by atoms with Crippen LogP contribution in [0.15, 0.2) is 28.8 Å². The predicted molar refractivity (Wildman–Crippen MR) is 93.5 cm³/mol. The van der Waals surface area contributed by atoms with Gasteiger partial charge in [-0.2, -0.15) is 4.98 Å². The number of hydrogen-bond donors (Lipinski definition) is 0. The van der Waals surface area contributed by atoms with Gasteiger partial charge in [-0.05, 0) is 30.5 Å². The molecule has 0 bridgehead atoms. The molecule has 1 saturated carbocycles. The van der Waals surface area contributed by atoms with Gasteiger partial charge in [-0.1, -0.05) is 46.9 Å². The van der Waals surface area contributed by atoms with Crippen molar-refractivity contribution in [3.8, 4) is 11.5 Å². The summed E-state index contributed by atoms with van der Waals surface area (Å²) in [6.45, 7) is 1.00. The molecule has 0 N–H and O–H groups in total. The fourth-order valence-corrected chi connectivity index (χ4v) is 3.86. The molecule has 1 aromatic carbocycles. The van der Waals surface area contributed by atoms with Crippen LogP contribution in [0.2, 0.25) is 5.02 Å². The summed E-state index contributed by atoms with van der Waals surface area (Å²) in [6.07, 6.45) is 4.61. The van der Waals surface area contributed by atoms with Crippen LogP contribution in [0.1, 0.15) is 54.9 Å². The summed E-state index contributed by atoms with van der Waals surface area (Å²) in [4.78, 5) is 4.57. The van der Waals surface area contributed by atoms with Crippen LogP contribution in [0.4, 0.5) is 0 Å². The van der Waals surface area contributed by atoms with E-state index in [-0.39, 0.29) is 6.10 Å². The van der Waals surface area contributed by atoms with Crippen molar-refractivity contribution in [3.63, 3.8) is 0 Å². The summed E-state index contributed by atoms with van der Waals surface area (Å²) in [7, 11) is 0. The zero-order chi connectivity index (χ0) is 17.5. The lowest BCUT2D eigenvalue weighted by atomic mass is 10.1. The molecule has 134 valence electrons. The number of aromatic nitrogens is 5. The van der Waals surface area contributed by atoms with Crippen molar-refractivity contribution in [1.29, 1.82) is 0 Å². The van der Waals surface area contributed by atoms with Crippen LogP contribution in [-0.4, -0.2) is 25.1 Å². The zero-order valence-electron chi connectivity index (χ0n) is 14.1. The fraction of sp³-hybridized carbons (Fsp3) is 0.444. The maximum atomic E-state index is 6.03. The molecule has 2 aliphatic rings. The third-order valence-electron chi connectivity index (χ3n) is 5.20. The monoisotopic (exact) mass is 371 g/mol. The number of nitrogens with zero attached hydrogens (tertiary/aromatic N) is 5. The molecule has 1 aliphatic carbocycles. The first-order valence-electron chi connectivity index (χ1n) is 8.91. The Kier molecular flexibility index (Phi) is 3.98. The highest BCUT2D eigenvalue weighted by Crippen LogP contribution is 2.35. The van der Waals surface area contributed by atoms with Gasteiger partial charge in [0.05, 0.1) is 18.8 Å². The van der Waals surface area contributed by atoms with Crippen molar-refractivity contribution >= 4 is 11.6 Å². The first-order valence-corrected chi connectivity index (χ1v) is 9.29. The third kappa shape index (κ3) is 2.81. The second-order valence-corrected chi connectivity index (χ2v) is 7.29. The van der Waals surface area contributed by atoms with E-state index in [9.17, 15) is 0 Å². The third-order valence-corrected chi connectivity index (χ3v) is 5.45. The molecule has 1 fully saturated rings. The first kappa shape index (κ1) is 16.0. The van der Waals surface area contributed by atoms with Gasteiger partial charge in [0, 0.05) is 10.9 Å². The van der Waals surface area contributed by atoms with E-state index in [1.807, 2.05) is 28.9 Å². The molecule has 26 heavy (non-hydrogen) atoms. The van der Waals surface area contributed by atoms with Crippen molar-refractivity contribution in [2.24, 2.45) is 0 Å². The number of rotatable bonds is 3. The number of fused-ring (bicyclic) bond motifs is 1. The number of hydrogen-bond acceptors (Lipinski definition) is 6. The molecular formula is C18H18ClN5O2. The average molecular weight is 372 g/mol. The van der Waals surface area contributed by atoms with E-state index in [1.165, 1.54) is 12.8 Å². The molecule has 0 amide bonds. The summed E-state index contributed by atoms with van der Waals surface area (Å²) in [5.74, 6) is 1.60. The molecule has 1 aliphatic heterocycles. The van der Waals surface area contributed by atoms with Crippen molar-refractivity contribution in [2.45, 2.75) is 50.9 Å². The van der Waals surface area contributed by atoms with Crippen LogP contribution in [-0.2, 0) is 17.9 Å². The lowest BCUT2D eigenvalue weighted by Gasteiger charge is -2.24. The molecule has 0 saturated heterocycles. The van der Waals surface area contributed by atoms with Crippen LogP contribution in [0.25, 0.3) is 11.5 Å². The number of benzene rings is 1. The highest BCUT2D eigenvalue weighted by Gasteiger charge is 2.29. The number of ether oxygens (including phenoxy) is 1. The Bertz CT molecular complexity index is 914. The van der Waals surface area contributed by atoms with Crippen LogP contribution >= 0.6 is 11.6 Å². The second kappa shape index (κ2) is 6.48. The summed E-state index contributed by atoms with van der Waals surface area (Å²) in [6, 6.07) is 7.69. The van der Waals surface area contributed by atoms with Gasteiger partial charge >= 0.3 is 0 Å². The van der Waals surface area contributed by atoms with Crippen LogP contribution in [0.5, 0.6) is 0 Å². The lowest BCUT2D eigenvalue weighted by molar-refractivity contribution is -0.00111. The minimum atomic E-state index is -0.0753. The minimum Gasteiger partial charge on any atom is -0.365 e. The molecule has 2 aromatic heterocycles. The van der Waals surface area contributed by atoms with Crippen LogP contribution in [0.3, 0.4) is 0 Å². The standard InChI is InChI=1S/C18H18ClN5O2/c19-13-7-5-11(6-8-13)15-9-24-14(10-25-15)16(21-23-24)17-20-18(26-22-17)12-3-1-2-4-12/h5-8,12,15H,1-4,9-10H2/t15-/m0/s1. The Morgan fingerprint density at radius 2 is 1.92 bits per heavy atom. The Morgan fingerprint density at radius 3 is 2.73 bits per heavy atom. The van der Waals surface area contributed by atoms with E-state index in [4.69, 9.17) is 20.9 Å². The quantitative estimate of drug-likeness (QED) is 0.694. The van der Waals surface area contributed by atoms with Crippen LogP contribution < -0.4 is 0 Å². The van der Waals surface area contributed by atoms with E-state index in [2.05, 4.69) is 20.5 Å². The summed E-state index contributed by atoms with van der Waals surface area (Å²) >= 11 is 5.96. The van der Waals surface area contributed by atoms with E-state index in [0.717, 1.165) is 30.0 Å². The Hall–Kier alpha value is -2.25. The van der Waals surface area contributed by atoms with Crippen molar-refractivity contribution in [3.05, 3.63) is 46.4 Å². The molecule has 5 rings (SSSR count). The molecule has 0 unspecified atom stereocenters. The molecular weight excluding hydrogens is 354 g/mol. The highest BCUT2D eigenvalue weighted by molar-refractivity contribution is 6.30. The first-order chi connectivity index (χ1) is 12.8. The van der Waals surface area contributed by atoms with Crippen molar-refractivity contribution < 1.29 is 9.26 Å². The van der Waals surface area contributed by atoms with Gasteiger partial charge in [0.15, 0.2) is 5.69 Å². The van der Waals surface area contributed by atoms with Gasteiger partial charge in [-0.25, -0.2) is 4.68 Å². The Morgan fingerprint density at radius 1 is 1.12 bits per heavy atom. The van der Waals surface area contributed by atoms with Crippen molar-refractivity contribution in [2.75, 3.05) is 0 Å². The molecule has 3 aromatic rings. The summed E-state index contributed by atoms with van der Waals surface area (Å²) in [5, 5.41) is 13.4. The van der Waals surface area contributed by atoms with Gasteiger partial charge in [-0.15, -0.1) is 5.10 Å². The maximum Gasteiger partial charge on any atom is 0.230 e.